The average Bonchev–Trinajstić information content (AvgIpc) is 2.61. The number of pyridine rings is 1. The molecule has 1 aliphatic heterocycles. The van der Waals surface area contributed by atoms with E-state index in [4.69, 9.17) is 5.73 Å². The van der Waals surface area contributed by atoms with Gasteiger partial charge in [0.25, 0.3) is 0 Å². The standard InChI is InChI=1S/C17H20N4S/c18-17(21-8-10-22-11-9-21)20-13-14-4-3-5-15(12-14)16-6-1-2-7-19-16/h1-7,12H,8-11,13H2,(H2,18,20). The van der Waals surface area contributed by atoms with Crippen molar-refractivity contribution in [3.8, 4) is 11.3 Å². The van der Waals surface area contributed by atoms with Gasteiger partial charge in [0.15, 0.2) is 5.96 Å². The van der Waals surface area contributed by atoms with Crippen LogP contribution in [0.25, 0.3) is 11.3 Å². The van der Waals surface area contributed by atoms with Crippen LogP contribution in [-0.4, -0.2) is 40.4 Å². The Morgan fingerprint density at radius 3 is 2.82 bits per heavy atom. The number of aromatic nitrogens is 1. The Labute approximate surface area is 135 Å². The van der Waals surface area contributed by atoms with Gasteiger partial charge in [0.05, 0.1) is 12.2 Å². The molecule has 1 aliphatic rings. The Kier molecular flexibility index (Phi) is 4.96. The van der Waals surface area contributed by atoms with Crippen LogP contribution in [-0.2, 0) is 6.54 Å². The van der Waals surface area contributed by atoms with Crippen LogP contribution in [0.4, 0.5) is 0 Å². The molecule has 0 saturated carbocycles. The number of rotatable bonds is 3. The molecular formula is C17H20N4S. The molecule has 5 heteroatoms. The number of nitrogens with two attached hydrogens (primary N) is 1. The molecule has 2 aromatic rings. The first-order valence-electron chi connectivity index (χ1n) is 7.46. The van der Waals surface area contributed by atoms with Crippen molar-refractivity contribution in [2.75, 3.05) is 24.6 Å². The number of nitrogens with zero attached hydrogens (tertiary/aromatic N) is 3. The fraction of sp³-hybridized carbons (Fsp3) is 0.294. The largest absolute Gasteiger partial charge is 0.370 e. The average molecular weight is 312 g/mol. The van der Waals surface area contributed by atoms with Gasteiger partial charge in [0.2, 0.25) is 0 Å². The highest BCUT2D eigenvalue weighted by Gasteiger charge is 2.11. The highest BCUT2D eigenvalue weighted by Crippen LogP contribution is 2.18. The first kappa shape index (κ1) is 14.9. The number of hydrogen-bond donors (Lipinski definition) is 1. The second-order valence-corrected chi connectivity index (χ2v) is 6.41. The fourth-order valence-electron chi connectivity index (χ4n) is 2.43. The first-order chi connectivity index (χ1) is 10.8. The molecule has 1 aromatic heterocycles. The van der Waals surface area contributed by atoms with Crippen molar-refractivity contribution >= 4 is 17.7 Å². The lowest BCUT2D eigenvalue weighted by atomic mass is 10.1. The molecule has 3 rings (SSSR count). The van der Waals surface area contributed by atoms with Crippen LogP contribution >= 0.6 is 11.8 Å². The summed E-state index contributed by atoms with van der Waals surface area (Å²) in [6.45, 7) is 2.60. The van der Waals surface area contributed by atoms with E-state index in [9.17, 15) is 0 Å². The van der Waals surface area contributed by atoms with E-state index in [2.05, 4.69) is 33.1 Å². The summed E-state index contributed by atoms with van der Waals surface area (Å²) in [7, 11) is 0. The fourth-order valence-corrected chi connectivity index (χ4v) is 3.33. The second-order valence-electron chi connectivity index (χ2n) is 5.19. The van der Waals surface area contributed by atoms with Gasteiger partial charge in [-0.05, 0) is 23.8 Å². The summed E-state index contributed by atoms with van der Waals surface area (Å²) in [6, 6.07) is 14.3. The zero-order valence-corrected chi connectivity index (χ0v) is 13.3. The Hall–Kier alpha value is -2.01. The maximum Gasteiger partial charge on any atom is 0.191 e. The summed E-state index contributed by atoms with van der Waals surface area (Å²) >= 11 is 1.97. The predicted octanol–water partition coefficient (Wildman–Crippen LogP) is 2.61. The van der Waals surface area contributed by atoms with E-state index in [1.54, 1.807) is 0 Å². The maximum absolute atomic E-state index is 6.10. The Balaban J connectivity index is 1.70. The highest BCUT2D eigenvalue weighted by atomic mass is 32.2. The van der Waals surface area contributed by atoms with Crippen LogP contribution in [0.1, 0.15) is 5.56 Å². The number of thioether (sulfide) groups is 1. The summed E-state index contributed by atoms with van der Waals surface area (Å²) in [5.41, 5.74) is 9.34. The molecule has 114 valence electrons. The van der Waals surface area contributed by atoms with Crippen molar-refractivity contribution in [1.29, 1.82) is 0 Å². The predicted molar refractivity (Wildman–Crippen MR) is 93.9 cm³/mol. The number of hydrogen-bond acceptors (Lipinski definition) is 3. The van der Waals surface area contributed by atoms with Gasteiger partial charge in [-0.3, -0.25) is 4.98 Å². The molecule has 0 unspecified atom stereocenters. The van der Waals surface area contributed by atoms with Crippen LogP contribution in [0.5, 0.6) is 0 Å². The molecule has 22 heavy (non-hydrogen) atoms. The Morgan fingerprint density at radius 2 is 2.05 bits per heavy atom. The van der Waals surface area contributed by atoms with Gasteiger partial charge >= 0.3 is 0 Å². The molecule has 0 radical (unpaired) electrons. The van der Waals surface area contributed by atoms with Gasteiger partial charge < -0.3 is 10.6 Å². The molecule has 0 aliphatic carbocycles. The lowest BCUT2D eigenvalue weighted by Gasteiger charge is -2.27. The third-order valence-corrected chi connectivity index (χ3v) is 4.59. The van der Waals surface area contributed by atoms with E-state index in [0.717, 1.165) is 41.4 Å². The molecule has 0 bridgehead atoms. The molecule has 1 aromatic carbocycles. The van der Waals surface area contributed by atoms with Crippen molar-refractivity contribution in [2.45, 2.75) is 6.54 Å². The van der Waals surface area contributed by atoms with Crippen molar-refractivity contribution in [3.63, 3.8) is 0 Å². The topological polar surface area (TPSA) is 54.5 Å². The summed E-state index contributed by atoms with van der Waals surface area (Å²) in [5.74, 6) is 2.92. The lowest BCUT2D eigenvalue weighted by Crippen LogP contribution is -2.42. The third kappa shape index (κ3) is 3.80. The minimum Gasteiger partial charge on any atom is -0.370 e. The molecule has 2 heterocycles. The Morgan fingerprint density at radius 1 is 1.18 bits per heavy atom. The van der Waals surface area contributed by atoms with E-state index in [1.165, 1.54) is 0 Å². The lowest BCUT2D eigenvalue weighted by molar-refractivity contribution is 0.455. The van der Waals surface area contributed by atoms with E-state index in [1.807, 2.05) is 42.2 Å². The van der Waals surface area contributed by atoms with Gasteiger partial charge in [-0.1, -0.05) is 24.3 Å². The third-order valence-electron chi connectivity index (χ3n) is 3.65. The molecule has 2 N–H and O–H groups in total. The van der Waals surface area contributed by atoms with Crippen LogP contribution in [0.15, 0.2) is 53.7 Å². The van der Waals surface area contributed by atoms with Gasteiger partial charge in [-0.2, -0.15) is 11.8 Å². The smallest absolute Gasteiger partial charge is 0.191 e. The quantitative estimate of drug-likeness (QED) is 0.699. The van der Waals surface area contributed by atoms with E-state index < -0.39 is 0 Å². The maximum atomic E-state index is 6.10. The molecule has 0 amide bonds. The van der Waals surface area contributed by atoms with Gasteiger partial charge in [-0.25, -0.2) is 4.99 Å². The van der Waals surface area contributed by atoms with E-state index in [0.29, 0.717) is 12.5 Å². The van der Waals surface area contributed by atoms with Crippen molar-refractivity contribution in [1.82, 2.24) is 9.88 Å². The summed E-state index contributed by atoms with van der Waals surface area (Å²) in [4.78, 5) is 11.1. The Bertz CT molecular complexity index is 636. The molecule has 0 spiro atoms. The van der Waals surface area contributed by atoms with E-state index in [-0.39, 0.29) is 0 Å². The highest BCUT2D eigenvalue weighted by molar-refractivity contribution is 7.99. The number of aliphatic imine (C=N–C) groups is 1. The monoisotopic (exact) mass is 312 g/mol. The van der Waals surface area contributed by atoms with E-state index >= 15 is 0 Å². The van der Waals surface area contributed by atoms with Crippen LogP contribution < -0.4 is 5.73 Å². The number of guanidine groups is 1. The second kappa shape index (κ2) is 7.31. The van der Waals surface area contributed by atoms with Crippen LogP contribution in [0.2, 0.25) is 0 Å². The van der Waals surface area contributed by atoms with Gasteiger partial charge in [0.1, 0.15) is 0 Å². The molecule has 1 saturated heterocycles. The summed E-state index contributed by atoms with van der Waals surface area (Å²) in [6.07, 6.45) is 1.81. The summed E-state index contributed by atoms with van der Waals surface area (Å²) in [5, 5.41) is 0. The molecule has 4 nitrogen and oxygen atoms in total. The van der Waals surface area contributed by atoms with Crippen LogP contribution in [0.3, 0.4) is 0 Å². The normalized spacial score (nSPS) is 15.8. The zero-order chi connectivity index (χ0) is 15.2. The number of benzene rings is 1. The van der Waals surface area contributed by atoms with Gasteiger partial charge in [0, 0.05) is 36.4 Å². The molecule has 1 fully saturated rings. The zero-order valence-electron chi connectivity index (χ0n) is 12.5. The van der Waals surface area contributed by atoms with Crippen molar-refractivity contribution in [2.24, 2.45) is 10.7 Å². The molecular weight excluding hydrogens is 292 g/mol. The summed E-state index contributed by atoms with van der Waals surface area (Å²) < 4.78 is 0. The van der Waals surface area contributed by atoms with Crippen LogP contribution in [0, 0.1) is 0 Å². The first-order valence-corrected chi connectivity index (χ1v) is 8.61. The van der Waals surface area contributed by atoms with Crippen molar-refractivity contribution < 1.29 is 0 Å². The minimum absolute atomic E-state index is 0.607. The van der Waals surface area contributed by atoms with Crippen molar-refractivity contribution in [3.05, 3.63) is 54.2 Å². The SMILES string of the molecule is NC(=NCc1cccc(-c2ccccn2)c1)N1CCSCC1. The minimum atomic E-state index is 0.607. The van der Waals surface area contributed by atoms with Gasteiger partial charge in [-0.15, -0.1) is 0 Å². The molecule has 0 atom stereocenters.